The van der Waals surface area contributed by atoms with Crippen molar-refractivity contribution in [2.45, 2.75) is 19.9 Å². The van der Waals surface area contributed by atoms with E-state index in [-0.39, 0.29) is 22.3 Å². The highest BCUT2D eigenvalue weighted by molar-refractivity contribution is 9.10. The lowest BCUT2D eigenvalue weighted by molar-refractivity contribution is -0.385. The van der Waals surface area contributed by atoms with Gasteiger partial charge in [-0.1, -0.05) is 57.6 Å². The Labute approximate surface area is 239 Å². The molecule has 40 heavy (non-hydrogen) atoms. The third-order valence-electron chi connectivity index (χ3n) is 6.51. The first-order chi connectivity index (χ1) is 19.2. The number of phenols is 1. The predicted molar refractivity (Wildman–Crippen MR) is 153 cm³/mol. The molecular weight excluding hydrogens is 602 g/mol. The second kappa shape index (κ2) is 10.7. The Morgan fingerprint density at radius 1 is 1.27 bits per heavy atom. The second-order valence-electron chi connectivity index (χ2n) is 8.82. The molecule has 3 aromatic carbocycles. The van der Waals surface area contributed by atoms with Gasteiger partial charge in [0.15, 0.2) is 4.80 Å². The van der Waals surface area contributed by atoms with Gasteiger partial charge >= 0.3 is 11.7 Å². The SMILES string of the molecule is CCOC(=O)C1=C(C)N=c2s/c(=C\c3cc(Br)cc([N+](=O)[O-])c3O)c(=O)n2[C@@H]1c1c(OC)ccc2ccccc12. The fraction of sp³-hybridized carbons (Fsp3) is 0.179. The summed E-state index contributed by atoms with van der Waals surface area (Å²) in [7, 11) is 1.51. The van der Waals surface area contributed by atoms with E-state index in [2.05, 4.69) is 20.9 Å². The standard InChI is InChI=1S/C28H22BrN3O7S/c1-4-39-27(35)22-14(2)30-28-31(24(22)23-18-8-6-5-7-15(18)9-10-20(23)38-3)26(34)21(40-28)12-16-11-17(29)13-19(25(16)33)32(36)37/h5-13,24,33H,4H2,1-3H3/b21-12-/t24-/m0/s1. The lowest BCUT2D eigenvalue weighted by atomic mass is 9.90. The molecular formula is C28H22BrN3O7S. The van der Waals surface area contributed by atoms with Crippen LogP contribution < -0.4 is 19.6 Å². The lowest BCUT2D eigenvalue weighted by Crippen LogP contribution is -2.40. The number of fused-ring (bicyclic) bond motifs is 2. The number of phenolic OH excluding ortho intramolecular Hbond substituents is 1. The van der Waals surface area contributed by atoms with Crippen molar-refractivity contribution in [2.24, 2.45) is 4.99 Å². The number of allylic oxidation sites excluding steroid dienone is 1. The third-order valence-corrected chi connectivity index (χ3v) is 7.95. The highest BCUT2D eigenvalue weighted by atomic mass is 79.9. The summed E-state index contributed by atoms with van der Waals surface area (Å²) in [5, 5.41) is 23.7. The summed E-state index contributed by atoms with van der Waals surface area (Å²) in [6.07, 6.45) is 1.37. The van der Waals surface area contributed by atoms with E-state index in [0.29, 0.717) is 26.3 Å². The number of carbonyl (C=O) groups excluding carboxylic acids is 1. The van der Waals surface area contributed by atoms with E-state index in [4.69, 9.17) is 9.47 Å². The number of halogens is 1. The number of aromatic hydroxyl groups is 1. The van der Waals surface area contributed by atoms with Crippen molar-refractivity contribution >= 4 is 55.8 Å². The summed E-state index contributed by atoms with van der Waals surface area (Å²) in [6.45, 7) is 3.50. The molecule has 0 unspecified atom stereocenters. The molecule has 10 nitrogen and oxygen atoms in total. The summed E-state index contributed by atoms with van der Waals surface area (Å²) in [6, 6.07) is 12.9. The van der Waals surface area contributed by atoms with Crippen LogP contribution in [0.1, 0.15) is 31.0 Å². The maximum absolute atomic E-state index is 14.0. The molecule has 2 heterocycles. The molecule has 0 fully saturated rings. The van der Waals surface area contributed by atoms with Gasteiger partial charge in [-0.15, -0.1) is 0 Å². The molecule has 1 N–H and O–H groups in total. The molecule has 1 atom stereocenters. The molecule has 12 heteroatoms. The largest absolute Gasteiger partial charge is 0.502 e. The van der Waals surface area contributed by atoms with Gasteiger partial charge in [0.25, 0.3) is 5.56 Å². The number of methoxy groups -OCH3 is 1. The summed E-state index contributed by atoms with van der Waals surface area (Å²) in [5.74, 6) is -0.719. The number of benzene rings is 3. The average molecular weight is 624 g/mol. The van der Waals surface area contributed by atoms with Gasteiger partial charge in [0.1, 0.15) is 11.8 Å². The Morgan fingerprint density at radius 3 is 2.73 bits per heavy atom. The molecule has 4 aromatic rings. The molecule has 1 aliphatic heterocycles. The number of ether oxygens (including phenoxy) is 2. The van der Waals surface area contributed by atoms with Crippen molar-refractivity contribution in [1.29, 1.82) is 0 Å². The van der Waals surface area contributed by atoms with E-state index >= 15 is 0 Å². The van der Waals surface area contributed by atoms with Crippen LogP contribution in [0.5, 0.6) is 11.5 Å². The van der Waals surface area contributed by atoms with Gasteiger partial charge in [0.05, 0.1) is 34.4 Å². The molecule has 0 saturated heterocycles. The number of nitrogens with zero attached hydrogens (tertiary/aromatic N) is 3. The molecule has 0 bridgehead atoms. The first-order valence-electron chi connectivity index (χ1n) is 12.1. The number of hydrogen-bond donors (Lipinski definition) is 1. The summed E-state index contributed by atoms with van der Waals surface area (Å²) < 4.78 is 13.0. The van der Waals surface area contributed by atoms with Gasteiger partial charge in [0.2, 0.25) is 5.75 Å². The van der Waals surface area contributed by atoms with Crippen LogP contribution in [0, 0.1) is 10.1 Å². The molecule has 0 saturated carbocycles. The van der Waals surface area contributed by atoms with E-state index in [9.17, 15) is 24.8 Å². The van der Waals surface area contributed by atoms with Gasteiger partial charge in [-0.2, -0.15) is 0 Å². The van der Waals surface area contributed by atoms with E-state index in [1.807, 2.05) is 30.3 Å². The highest BCUT2D eigenvalue weighted by Gasteiger charge is 2.36. The molecule has 0 amide bonds. The number of aromatic nitrogens is 1. The zero-order valence-corrected chi connectivity index (χ0v) is 23.9. The summed E-state index contributed by atoms with van der Waals surface area (Å²) >= 11 is 4.26. The Kier molecular flexibility index (Phi) is 7.30. The van der Waals surface area contributed by atoms with Crippen LogP contribution in [0.15, 0.2) is 74.1 Å². The molecule has 204 valence electrons. The molecule has 1 aliphatic rings. The first-order valence-corrected chi connectivity index (χ1v) is 13.7. The zero-order chi connectivity index (χ0) is 28.7. The van der Waals surface area contributed by atoms with Crippen LogP contribution in [-0.4, -0.2) is 34.3 Å². The van der Waals surface area contributed by atoms with Crippen LogP contribution >= 0.6 is 27.3 Å². The first kappa shape index (κ1) is 27.3. The van der Waals surface area contributed by atoms with Gasteiger partial charge in [0, 0.05) is 21.7 Å². The van der Waals surface area contributed by atoms with Crippen LogP contribution in [-0.2, 0) is 9.53 Å². The maximum Gasteiger partial charge on any atom is 0.338 e. The van der Waals surface area contributed by atoms with E-state index in [1.54, 1.807) is 19.9 Å². The van der Waals surface area contributed by atoms with Gasteiger partial charge in [-0.05, 0) is 42.8 Å². The quantitative estimate of drug-likeness (QED) is 0.192. The van der Waals surface area contributed by atoms with Crippen molar-refractivity contribution in [2.75, 3.05) is 13.7 Å². The smallest absolute Gasteiger partial charge is 0.338 e. The molecule has 0 radical (unpaired) electrons. The Morgan fingerprint density at radius 2 is 2.02 bits per heavy atom. The summed E-state index contributed by atoms with van der Waals surface area (Å²) in [4.78, 5) is 43.0. The number of esters is 1. The fourth-order valence-electron chi connectivity index (χ4n) is 4.80. The topological polar surface area (TPSA) is 133 Å². The van der Waals surface area contributed by atoms with Gasteiger partial charge < -0.3 is 14.6 Å². The van der Waals surface area contributed by atoms with Crippen LogP contribution in [0.4, 0.5) is 5.69 Å². The zero-order valence-electron chi connectivity index (χ0n) is 21.5. The molecule has 0 spiro atoms. The van der Waals surface area contributed by atoms with Crippen molar-refractivity contribution < 1.29 is 24.3 Å². The molecule has 5 rings (SSSR count). The Hall–Kier alpha value is -4.29. The number of nitro benzene ring substituents is 1. The van der Waals surface area contributed by atoms with Gasteiger partial charge in [-0.3, -0.25) is 19.5 Å². The van der Waals surface area contributed by atoms with Crippen LogP contribution in [0.3, 0.4) is 0 Å². The van der Waals surface area contributed by atoms with Gasteiger partial charge in [-0.25, -0.2) is 9.79 Å². The van der Waals surface area contributed by atoms with Crippen molar-refractivity contribution in [1.82, 2.24) is 4.57 Å². The number of carbonyl (C=O) groups is 1. The van der Waals surface area contributed by atoms with E-state index in [0.717, 1.165) is 22.1 Å². The minimum atomic E-state index is -0.941. The second-order valence-corrected chi connectivity index (χ2v) is 10.7. The monoisotopic (exact) mass is 623 g/mol. The maximum atomic E-state index is 14.0. The average Bonchev–Trinajstić information content (AvgIpc) is 3.23. The highest BCUT2D eigenvalue weighted by Crippen LogP contribution is 2.40. The Bertz CT molecular complexity index is 1930. The summed E-state index contributed by atoms with van der Waals surface area (Å²) in [5.41, 5.74) is 0.231. The van der Waals surface area contributed by atoms with Crippen molar-refractivity contribution in [3.05, 3.63) is 105 Å². The Balaban J connectivity index is 1.85. The fourth-order valence-corrected chi connectivity index (χ4v) is 6.30. The lowest BCUT2D eigenvalue weighted by Gasteiger charge is -2.27. The molecule has 0 aliphatic carbocycles. The van der Waals surface area contributed by atoms with E-state index < -0.39 is 33.9 Å². The molecule has 1 aromatic heterocycles. The predicted octanol–water partition coefficient (Wildman–Crippen LogP) is 4.34. The third kappa shape index (κ3) is 4.58. The minimum Gasteiger partial charge on any atom is -0.502 e. The normalized spacial score (nSPS) is 15.1. The van der Waals surface area contributed by atoms with E-state index in [1.165, 1.54) is 29.9 Å². The van der Waals surface area contributed by atoms with Crippen LogP contribution in [0.2, 0.25) is 0 Å². The van der Waals surface area contributed by atoms with Crippen molar-refractivity contribution in [3.8, 4) is 11.5 Å². The number of nitro groups is 1. The number of thiazole rings is 1. The van der Waals surface area contributed by atoms with Crippen LogP contribution in [0.25, 0.3) is 16.8 Å². The van der Waals surface area contributed by atoms with Crippen molar-refractivity contribution in [3.63, 3.8) is 0 Å². The number of hydrogen-bond acceptors (Lipinski definition) is 9. The number of rotatable bonds is 6. The minimum absolute atomic E-state index is 0.0759.